The number of fused-ring (bicyclic) bond motifs is 1. The number of hydrogen-bond acceptors (Lipinski definition) is 4. The van der Waals surface area contributed by atoms with Gasteiger partial charge in [-0.15, -0.1) is 0 Å². The summed E-state index contributed by atoms with van der Waals surface area (Å²) >= 11 is 0. The molecule has 0 amide bonds. The van der Waals surface area contributed by atoms with Crippen LogP contribution in [0.4, 0.5) is 4.39 Å². The zero-order chi connectivity index (χ0) is 19.5. The number of pyridine rings is 1. The number of nitrogens with zero attached hydrogens (tertiary/aromatic N) is 2. The molecule has 0 saturated heterocycles. The highest BCUT2D eigenvalue weighted by molar-refractivity contribution is 6.15. The van der Waals surface area contributed by atoms with Crippen molar-refractivity contribution >= 4 is 22.8 Å². The Kier molecular flexibility index (Phi) is 4.60. The summed E-state index contributed by atoms with van der Waals surface area (Å²) in [4.78, 5) is 35.9. The number of aromatic nitrogens is 3. The van der Waals surface area contributed by atoms with E-state index in [1.54, 1.807) is 48.8 Å². The summed E-state index contributed by atoms with van der Waals surface area (Å²) in [5.74, 6) is -1.04. The second-order valence-corrected chi connectivity index (χ2v) is 6.10. The van der Waals surface area contributed by atoms with Gasteiger partial charge in [-0.05, 0) is 23.8 Å². The van der Waals surface area contributed by atoms with Crippen molar-refractivity contribution in [3.05, 3.63) is 101 Å². The lowest BCUT2D eigenvalue weighted by Gasteiger charge is -2.11. The summed E-state index contributed by atoms with van der Waals surface area (Å²) in [6.45, 7) is 0. The molecule has 0 saturated carbocycles. The Bertz CT molecular complexity index is 1250. The average molecular weight is 371 g/mol. The molecule has 28 heavy (non-hydrogen) atoms. The number of benzene rings is 2. The smallest absolute Gasteiger partial charge is 0.260 e. The number of rotatable bonds is 4. The molecule has 4 rings (SSSR count). The number of nitrogens with one attached hydrogen (secondary N) is 1. The van der Waals surface area contributed by atoms with Gasteiger partial charge in [0.05, 0.1) is 11.1 Å². The first-order valence-corrected chi connectivity index (χ1v) is 8.52. The Hall–Kier alpha value is -3.93. The van der Waals surface area contributed by atoms with Crippen molar-refractivity contribution in [3.63, 3.8) is 0 Å². The van der Waals surface area contributed by atoms with Crippen LogP contribution in [-0.4, -0.2) is 20.7 Å². The van der Waals surface area contributed by atoms with Crippen LogP contribution in [0.1, 0.15) is 15.9 Å². The van der Waals surface area contributed by atoms with E-state index < -0.39 is 17.2 Å². The molecule has 0 unspecified atom stereocenters. The number of H-pyrrole nitrogens is 1. The molecule has 1 N–H and O–H groups in total. The fourth-order valence-corrected chi connectivity index (χ4v) is 3.08. The number of carbonyl (C=O) groups is 1. The molecule has 0 aliphatic heterocycles. The molecular formula is C22H14FN3O2. The van der Waals surface area contributed by atoms with Gasteiger partial charge in [0, 0.05) is 28.9 Å². The molecule has 0 fully saturated rings. The minimum Gasteiger partial charge on any atom is -0.319 e. The zero-order valence-corrected chi connectivity index (χ0v) is 14.6. The first kappa shape index (κ1) is 17.5. The Morgan fingerprint density at radius 2 is 1.75 bits per heavy atom. The number of allylic oxidation sites excluding steroid dienone is 1. The lowest BCUT2D eigenvalue weighted by atomic mass is 9.94. The predicted octanol–water partition coefficient (Wildman–Crippen LogP) is 4.02. The van der Waals surface area contributed by atoms with E-state index in [9.17, 15) is 14.0 Å². The van der Waals surface area contributed by atoms with Crippen LogP contribution in [0.2, 0.25) is 0 Å². The molecule has 2 heterocycles. The fourth-order valence-electron chi connectivity index (χ4n) is 3.08. The molecule has 0 aliphatic rings. The summed E-state index contributed by atoms with van der Waals surface area (Å²) in [7, 11) is 0. The quantitative estimate of drug-likeness (QED) is 0.434. The summed E-state index contributed by atoms with van der Waals surface area (Å²) in [5, 5.41) is 0.464. The van der Waals surface area contributed by atoms with Gasteiger partial charge in [-0.3, -0.25) is 9.59 Å². The van der Waals surface area contributed by atoms with Crippen molar-refractivity contribution < 1.29 is 9.18 Å². The van der Waals surface area contributed by atoms with E-state index >= 15 is 0 Å². The number of aromatic amines is 1. The zero-order valence-electron chi connectivity index (χ0n) is 14.6. The third-order valence-corrected chi connectivity index (χ3v) is 4.32. The van der Waals surface area contributed by atoms with Gasteiger partial charge in [-0.1, -0.05) is 42.5 Å². The Balaban J connectivity index is 1.95. The minimum atomic E-state index is -0.643. The van der Waals surface area contributed by atoms with Gasteiger partial charge < -0.3 is 4.98 Å². The number of hydrogen-bond donors (Lipinski definition) is 1. The highest BCUT2D eigenvalue weighted by Gasteiger charge is 2.20. The van der Waals surface area contributed by atoms with Crippen molar-refractivity contribution in [3.8, 4) is 11.1 Å². The van der Waals surface area contributed by atoms with E-state index in [0.29, 0.717) is 22.1 Å². The van der Waals surface area contributed by atoms with Crippen LogP contribution >= 0.6 is 0 Å². The average Bonchev–Trinajstić information content (AvgIpc) is 2.73. The highest BCUT2D eigenvalue weighted by atomic mass is 19.1. The van der Waals surface area contributed by atoms with Gasteiger partial charge in [0.1, 0.15) is 12.1 Å². The molecule has 2 aromatic heterocycles. The number of para-hydroxylation sites is 1. The van der Waals surface area contributed by atoms with E-state index in [0.717, 1.165) is 0 Å². The number of ketones is 1. The molecule has 4 aromatic rings. The summed E-state index contributed by atoms with van der Waals surface area (Å²) in [6, 6.07) is 13.5. The standard InChI is InChI=1S/C22H14FN3O2/c23-17-8-4-7-16-19(15-5-2-1-3-6-15)20(22(28)26-21(16)17)18(27)10-9-14-11-24-13-25-12-14/h1-13H,(H,26,28)/b10-9+. The van der Waals surface area contributed by atoms with Crippen molar-refractivity contribution in [2.45, 2.75) is 0 Å². The summed E-state index contributed by atoms with van der Waals surface area (Å²) in [6.07, 6.45) is 7.31. The molecule has 5 nitrogen and oxygen atoms in total. The largest absolute Gasteiger partial charge is 0.319 e. The predicted molar refractivity (Wildman–Crippen MR) is 105 cm³/mol. The van der Waals surface area contributed by atoms with Crippen LogP contribution in [0.3, 0.4) is 0 Å². The second kappa shape index (κ2) is 7.36. The first-order chi connectivity index (χ1) is 13.6. The molecule has 0 atom stereocenters. The van der Waals surface area contributed by atoms with Gasteiger partial charge in [-0.25, -0.2) is 14.4 Å². The van der Waals surface area contributed by atoms with Crippen LogP contribution in [0.25, 0.3) is 28.1 Å². The van der Waals surface area contributed by atoms with Gasteiger partial charge in [0.2, 0.25) is 0 Å². The maximum atomic E-state index is 14.3. The third-order valence-electron chi connectivity index (χ3n) is 4.32. The van der Waals surface area contributed by atoms with Crippen LogP contribution in [-0.2, 0) is 0 Å². The van der Waals surface area contributed by atoms with Crippen molar-refractivity contribution in [1.29, 1.82) is 0 Å². The maximum Gasteiger partial charge on any atom is 0.260 e. The van der Waals surface area contributed by atoms with E-state index in [2.05, 4.69) is 15.0 Å². The molecule has 136 valence electrons. The molecule has 2 aromatic carbocycles. The third kappa shape index (κ3) is 3.23. The molecule has 0 radical (unpaired) electrons. The van der Waals surface area contributed by atoms with Gasteiger partial charge in [0.15, 0.2) is 5.78 Å². The van der Waals surface area contributed by atoms with Crippen molar-refractivity contribution in [1.82, 2.24) is 15.0 Å². The van der Waals surface area contributed by atoms with Crippen LogP contribution in [0.15, 0.2) is 78.1 Å². The molecule has 0 bridgehead atoms. The maximum absolute atomic E-state index is 14.3. The lowest BCUT2D eigenvalue weighted by molar-refractivity contribution is 0.104. The molecule has 6 heteroatoms. The molecule has 0 aliphatic carbocycles. The fraction of sp³-hybridized carbons (Fsp3) is 0. The lowest BCUT2D eigenvalue weighted by Crippen LogP contribution is -2.19. The van der Waals surface area contributed by atoms with E-state index in [-0.39, 0.29) is 11.1 Å². The normalized spacial score (nSPS) is 11.2. The summed E-state index contributed by atoms with van der Waals surface area (Å²) < 4.78 is 14.3. The number of carbonyl (C=O) groups excluding carboxylic acids is 1. The van der Waals surface area contributed by atoms with Gasteiger partial charge in [-0.2, -0.15) is 0 Å². The Labute approximate surface area is 159 Å². The summed E-state index contributed by atoms with van der Waals surface area (Å²) in [5.41, 5.74) is 1.07. The Morgan fingerprint density at radius 3 is 2.50 bits per heavy atom. The Morgan fingerprint density at radius 1 is 1.00 bits per heavy atom. The van der Waals surface area contributed by atoms with Crippen LogP contribution < -0.4 is 5.56 Å². The molecule has 0 spiro atoms. The van der Waals surface area contributed by atoms with Gasteiger partial charge >= 0.3 is 0 Å². The molecular weight excluding hydrogens is 357 g/mol. The SMILES string of the molecule is O=C(/C=C/c1cncnc1)c1c(-c2ccccc2)c2cccc(F)c2[nH]c1=O. The topological polar surface area (TPSA) is 75.7 Å². The van der Waals surface area contributed by atoms with Crippen molar-refractivity contribution in [2.24, 2.45) is 0 Å². The second-order valence-electron chi connectivity index (χ2n) is 6.10. The van der Waals surface area contributed by atoms with Crippen molar-refractivity contribution in [2.75, 3.05) is 0 Å². The van der Waals surface area contributed by atoms with Crippen LogP contribution in [0.5, 0.6) is 0 Å². The monoisotopic (exact) mass is 371 g/mol. The van der Waals surface area contributed by atoms with E-state index in [4.69, 9.17) is 0 Å². The highest BCUT2D eigenvalue weighted by Crippen LogP contribution is 2.30. The van der Waals surface area contributed by atoms with Gasteiger partial charge in [0.25, 0.3) is 5.56 Å². The van der Waals surface area contributed by atoms with E-state index in [1.807, 2.05) is 6.07 Å². The minimum absolute atomic E-state index is 0.0441. The first-order valence-electron chi connectivity index (χ1n) is 8.52. The van der Waals surface area contributed by atoms with E-state index in [1.165, 1.54) is 24.5 Å². The number of halogens is 1. The van der Waals surface area contributed by atoms with Crippen LogP contribution in [0, 0.1) is 5.82 Å².